The van der Waals surface area contributed by atoms with Gasteiger partial charge in [0.05, 0.1) is 18.3 Å². The van der Waals surface area contributed by atoms with Crippen molar-refractivity contribution in [3.05, 3.63) is 80.7 Å². The summed E-state index contributed by atoms with van der Waals surface area (Å²) in [7, 11) is 0. The van der Waals surface area contributed by atoms with Crippen molar-refractivity contribution in [1.82, 2.24) is 9.55 Å². The van der Waals surface area contributed by atoms with Crippen molar-refractivity contribution in [2.45, 2.75) is 33.2 Å². The van der Waals surface area contributed by atoms with E-state index in [-0.39, 0.29) is 5.56 Å². The van der Waals surface area contributed by atoms with Gasteiger partial charge in [-0.25, -0.2) is 4.98 Å². The lowest BCUT2D eigenvalue weighted by molar-refractivity contribution is 0.303. The molecule has 2 aromatic carbocycles. The molecule has 4 aromatic rings. The van der Waals surface area contributed by atoms with Gasteiger partial charge in [0.1, 0.15) is 10.6 Å². The molecule has 0 spiro atoms. The second-order valence-electron chi connectivity index (χ2n) is 7.40. The molecule has 4 nitrogen and oxygen atoms in total. The first kappa shape index (κ1) is 20.6. The van der Waals surface area contributed by atoms with Crippen molar-refractivity contribution in [1.29, 1.82) is 0 Å². The quantitative estimate of drug-likeness (QED) is 0.320. The Morgan fingerprint density at radius 2 is 1.87 bits per heavy atom. The maximum absolute atomic E-state index is 13.2. The fourth-order valence-electron chi connectivity index (χ4n) is 3.55. The minimum atomic E-state index is 0.0230. The molecule has 0 N–H and O–H groups in total. The van der Waals surface area contributed by atoms with E-state index >= 15 is 0 Å². The van der Waals surface area contributed by atoms with Gasteiger partial charge in [0.15, 0.2) is 0 Å². The van der Waals surface area contributed by atoms with Crippen LogP contribution in [0.25, 0.3) is 21.3 Å². The van der Waals surface area contributed by atoms with Crippen LogP contribution in [0, 0.1) is 13.8 Å². The summed E-state index contributed by atoms with van der Waals surface area (Å²) < 4.78 is 7.44. The number of aromatic nitrogens is 2. The Labute approximate surface area is 184 Å². The molecule has 0 bridgehead atoms. The predicted molar refractivity (Wildman–Crippen MR) is 125 cm³/mol. The van der Waals surface area contributed by atoms with Gasteiger partial charge in [-0.2, -0.15) is 0 Å². The number of aryl methyl sites for hydroxylation is 3. The molecule has 0 amide bonds. The highest BCUT2D eigenvalue weighted by Crippen LogP contribution is 2.33. The molecule has 0 saturated heterocycles. The molecule has 154 valence electrons. The minimum absolute atomic E-state index is 0.0230. The number of rotatable bonds is 7. The Morgan fingerprint density at radius 1 is 1.07 bits per heavy atom. The summed E-state index contributed by atoms with van der Waals surface area (Å²) in [5.41, 5.74) is 4.48. The normalized spacial score (nSPS) is 11.2. The van der Waals surface area contributed by atoms with Gasteiger partial charge in [0.25, 0.3) is 5.56 Å². The van der Waals surface area contributed by atoms with Crippen LogP contribution in [0.4, 0.5) is 0 Å². The Bertz CT molecular complexity index is 1230. The largest absolute Gasteiger partial charge is 0.494 e. The summed E-state index contributed by atoms with van der Waals surface area (Å²) in [4.78, 5) is 18.5. The maximum Gasteiger partial charge on any atom is 0.262 e. The summed E-state index contributed by atoms with van der Waals surface area (Å²) in [5, 5.41) is 3.45. The molecule has 0 radical (unpaired) electrons. The van der Waals surface area contributed by atoms with E-state index in [0.29, 0.717) is 23.6 Å². The van der Waals surface area contributed by atoms with Gasteiger partial charge in [-0.1, -0.05) is 35.4 Å². The molecule has 4 rings (SSSR count). The minimum Gasteiger partial charge on any atom is -0.494 e. The summed E-state index contributed by atoms with van der Waals surface area (Å²) in [5.74, 6) is 0.802. The van der Waals surface area contributed by atoms with Crippen molar-refractivity contribution in [3.8, 4) is 16.9 Å². The van der Waals surface area contributed by atoms with E-state index in [0.717, 1.165) is 34.5 Å². The molecular formula is C24H23ClN2O2S. The predicted octanol–water partition coefficient (Wildman–Crippen LogP) is 6.25. The zero-order valence-electron chi connectivity index (χ0n) is 17.0. The van der Waals surface area contributed by atoms with Crippen LogP contribution in [-0.2, 0) is 6.54 Å². The van der Waals surface area contributed by atoms with Crippen molar-refractivity contribution < 1.29 is 4.74 Å². The smallest absolute Gasteiger partial charge is 0.262 e. The Kier molecular flexibility index (Phi) is 6.21. The third kappa shape index (κ3) is 4.42. The Hall–Kier alpha value is -2.63. The lowest BCUT2D eigenvalue weighted by Crippen LogP contribution is -2.20. The van der Waals surface area contributed by atoms with E-state index in [4.69, 9.17) is 16.3 Å². The van der Waals surface area contributed by atoms with E-state index in [9.17, 15) is 4.79 Å². The van der Waals surface area contributed by atoms with E-state index in [1.807, 2.05) is 29.6 Å². The van der Waals surface area contributed by atoms with Crippen molar-refractivity contribution >= 4 is 33.2 Å². The first-order valence-electron chi connectivity index (χ1n) is 9.95. The zero-order valence-corrected chi connectivity index (χ0v) is 18.6. The second-order valence-corrected chi connectivity index (χ2v) is 8.70. The van der Waals surface area contributed by atoms with Gasteiger partial charge in [-0.3, -0.25) is 9.36 Å². The highest BCUT2D eigenvalue weighted by Gasteiger charge is 2.14. The molecule has 0 aliphatic carbocycles. The number of unbranched alkanes of at least 4 members (excludes halogenated alkanes) is 1. The number of benzene rings is 2. The van der Waals surface area contributed by atoms with Crippen molar-refractivity contribution in [3.63, 3.8) is 0 Å². The topological polar surface area (TPSA) is 44.1 Å². The number of thiophene rings is 1. The number of halogens is 1. The zero-order chi connectivity index (χ0) is 21.1. The standard InChI is InChI=1S/C24H23ClN2O2S/c1-16-5-10-20(17(2)13-16)21-14-30-23-22(21)24(28)27(15-26-23)11-3-4-12-29-19-8-6-18(25)7-9-19/h5-10,13-15H,3-4,11-12H2,1-2H3. The van der Waals surface area contributed by atoms with Crippen LogP contribution in [0.5, 0.6) is 5.75 Å². The van der Waals surface area contributed by atoms with Gasteiger partial charge in [-0.05, 0) is 62.1 Å². The molecule has 6 heteroatoms. The fraction of sp³-hybridized carbons (Fsp3) is 0.250. The fourth-order valence-corrected chi connectivity index (χ4v) is 4.57. The average molecular weight is 439 g/mol. The van der Waals surface area contributed by atoms with Crippen LogP contribution < -0.4 is 10.3 Å². The molecule has 2 heterocycles. The Morgan fingerprint density at radius 3 is 2.63 bits per heavy atom. The lowest BCUT2D eigenvalue weighted by atomic mass is 9.99. The third-order valence-corrected chi connectivity index (χ3v) is 6.25. The molecule has 0 aliphatic rings. The number of nitrogens with zero attached hydrogens (tertiary/aromatic N) is 2. The Balaban J connectivity index is 1.46. The van der Waals surface area contributed by atoms with Crippen LogP contribution in [0.15, 0.2) is 59.0 Å². The monoisotopic (exact) mass is 438 g/mol. The summed E-state index contributed by atoms with van der Waals surface area (Å²) in [6.07, 6.45) is 3.34. The van der Waals surface area contributed by atoms with E-state index in [2.05, 4.69) is 37.0 Å². The average Bonchev–Trinajstić information content (AvgIpc) is 3.15. The van der Waals surface area contributed by atoms with Crippen molar-refractivity contribution in [2.24, 2.45) is 0 Å². The highest BCUT2D eigenvalue weighted by molar-refractivity contribution is 7.17. The summed E-state index contributed by atoms with van der Waals surface area (Å²) in [6.45, 7) is 5.38. The van der Waals surface area contributed by atoms with Crippen LogP contribution >= 0.6 is 22.9 Å². The molecular weight excluding hydrogens is 416 g/mol. The molecule has 2 aromatic heterocycles. The van der Waals surface area contributed by atoms with Crippen LogP contribution in [0.2, 0.25) is 5.02 Å². The van der Waals surface area contributed by atoms with E-state index in [1.165, 1.54) is 22.5 Å². The molecule has 0 saturated carbocycles. The molecule has 0 atom stereocenters. The SMILES string of the molecule is Cc1ccc(-c2csc3ncn(CCCCOc4ccc(Cl)cc4)c(=O)c23)c(C)c1. The number of hydrogen-bond acceptors (Lipinski definition) is 4. The highest BCUT2D eigenvalue weighted by atomic mass is 35.5. The van der Waals surface area contributed by atoms with Crippen LogP contribution in [-0.4, -0.2) is 16.2 Å². The van der Waals surface area contributed by atoms with E-state index in [1.54, 1.807) is 10.9 Å². The summed E-state index contributed by atoms with van der Waals surface area (Å²) in [6, 6.07) is 13.7. The molecule has 0 aliphatic heterocycles. The number of ether oxygens (including phenoxy) is 1. The second kappa shape index (κ2) is 9.02. The van der Waals surface area contributed by atoms with Gasteiger partial charge < -0.3 is 4.74 Å². The molecule has 0 fully saturated rings. The van der Waals surface area contributed by atoms with E-state index < -0.39 is 0 Å². The lowest BCUT2D eigenvalue weighted by Gasteiger charge is -2.09. The first-order valence-corrected chi connectivity index (χ1v) is 11.2. The number of hydrogen-bond donors (Lipinski definition) is 0. The van der Waals surface area contributed by atoms with Gasteiger partial charge >= 0.3 is 0 Å². The van der Waals surface area contributed by atoms with Crippen molar-refractivity contribution in [2.75, 3.05) is 6.61 Å². The van der Waals surface area contributed by atoms with Gasteiger partial charge in [0, 0.05) is 22.5 Å². The maximum atomic E-state index is 13.2. The van der Waals surface area contributed by atoms with Crippen LogP contribution in [0.1, 0.15) is 24.0 Å². The van der Waals surface area contributed by atoms with Crippen LogP contribution in [0.3, 0.4) is 0 Å². The first-order chi connectivity index (χ1) is 14.5. The number of fused-ring (bicyclic) bond motifs is 1. The molecule has 0 unspecified atom stereocenters. The third-order valence-electron chi connectivity index (χ3n) is 5.11. The molecule has 30 heavy (non-hydrogen) atoms. The van der Waals surface area contributed by atoms with Gasteiger partial charge in [-0.15, -0.1) is 11.3 Å². The van der Waals surface area contributed by atoms with Gasteiger partial charge in [0.2, 0.25) is 0 Å². The summed E-state index contributed by atoms with van der Waals surface area (Å²) >= 11 is 7.41.